The number of amides is 3. The van der Waals surface area contributed by atoms with Crippen molar-refractivity contribution in [3.05, 3.63) is 18.2 Å². The van der Waals surface area contributed by atoms with Crippen LogP contribution in [0.5, 0.6) is 0 Å². The predicted octanol–water partition coefficient (Wildman–Crippen LogP) is -0.344. The number of hydrogen-bond acceptors (Lipinski definition) is 7. The maximum atomic E-state index is 13.3. The van der Waals surface area contributed by atoms with Crippen LogP contribution in [0.2, 0.25) is 0 Å². The van der Waals surface area contributed by atoms with Crippen molar-refractivity contribution < 1.29 is 29.1 Å². The Hall–Kier alpha value is -3.17. The molecule has 1 saturated heterocycles. The lowest BCUT2D eigenvalue weighted by Crippen LogP contribution is -2.51. The first kappa shape index (κ1) is 27.1. The summed E-state index contributed by atoms with van der Waals surface area (Å²) in [7, 11) is 0. The Labute approximate surface area is 199 Å². The molecule has 1 aliphatic rings. The van der Waals surface area contributed by atoms with Gasteiger partial charge in [0.2, 0.25) is 17.7 Å². The van der Waals surface area contributed by atoms with E-state index < -0.39 is 36.6 Å². The number of imidazole rings is 1. The van der Waals surface area contributed by atoms with Crippen molar-refractivity contribution in [2.45, 2.75) is 71.0 Å². The number of aromatic amines is 1. The van der Waals surface area contributed by atoms with Crippen LogP contribution in [-0.4, -0.2) is 81.0 Å². The monoisotopic (exact) mass is 476 g/mol. The van der Waals surface area contributed by atoms with Crippen molar-refractivity contribution in [3.63, 3.8) is 0 Å². The number of nitrogens with one attached hydrogen (secondary N) is 3. The standard InChI is InChI=1S/C23H33N5O6/c1-14(2)7-19(27-23(34)20-5-4-6-28(20)15(3)31)21(32)9-16(8-17-10-24-13-25-17)22(33)26-18(11-29)12-30/h10,13-14,16,18-20,29H,4-9,11H2,1-3H3,(H2-,24,25,26,27,33,34)/p+1/t16-,18+,19+,20+/m1/s1. The van der Waals surface area contributed by atoms with Gasteiger partial charge in [-0.1, -0.05) is 13.8 Å². The lowest BCUT2D eigenvalue weighted by atomic mass is 9.90. The van der Waals surface area contributed by atoms with E-state index in [2.05, 4.69) is 20.6 Å². The first-order valence-electron chi connectivity index (χ1n) is 11.5. The van der Waals surface area contributed by atoms with Crippen molar-refractivity contribution in [3.8, 4) is 0 Å². The minimum Gasteiger partial charge on any atom is -0.389 e. The van der Waals surface area contributed by atoms with Gasteiger partial charge in [0.25, 0.3) is 0 Å². The summed E-state index contributed by atoms with van der Waals surface area (Å²) in [4.78, 5) is 70.1. The molecule has 0 unspecified atom stereocenters. The lowest BCUT2D eigenvalue weighted by molar-refractivity contribution is -0.138. The van der Waals surface area contributed by atoms with Crippen molar-refractivity contribution in [2.24, 2.45) is 11.8 Å². The molecule has 0 bridgehead atoms. The fourth-order valence-electron chi connectivity index (χ4n) is 4.13. The van der Waals surface area contributed by atoms with E-state index in [1.165, 1.54) is 24.3 Å². The highest BCUT2D eigenvalue weighted by Crippen LogP contribution is 2.20. The third-order valence-electron chi connectivity index (χ3n) is 5.85. The van der Waals surface area contributed by atoms with E-state index in [4.69, 9.17) is 0 Å². The van der Waals surface area contributed by atoms with E-state index in [0.717, 1.165) is 0 Å². The Kier molecular flexibility index (Phi) is 10.3. The maximum absolute atomic E-state index is 13.3. The number of likely N-dealkylation sites (tertiary alicyclic amines) is 1. The van der Waals surface area contributed by atoms with E-state index in [1.807, 2.05) is 13.8 Å². The Balaban J connectivity index is 2.16. The summed E-state index contributed by atoms with van der Waals surface area (Å²) in [5.74, 6) is -2.25. The number of aromatic nitrogens is 2. The molecule has 1 aliphatic heterocycles. The molecule has 1 aromatic heterocycles. The van der Waals surface area contributed by atoms with Gasteiger partial charge in [-0.2, -0.15) is 0 Å². The van der Waals surface area contributed by atoms with Gasteiger partial charge in [0, 0.05) is 43.0 Å². The molecule has 0 aliphatic carbocycles. The summed E-state index contributed by atoms with van der Waals surface area (Å²) in [5.41, 5.74) is 0.621. The summed E-state index contributed by atoms with van der Waals surface area (Å²) in [6, 6.07) is -2.64. The highest BCUT2D eigenvalue weighted by Gasteiger charge is 2.36. The van der Waals surface area contributed by atoms with Crippen LogP contribution < -0.4 is 10.6 Å². The molecule has 0 spiro atoms. The number of nitrogens with zero attached hydrogens (tertiary/aromatic N) is 2. The largest absolute Gasteiger partial charge is 0.535 e. The highest BCUT2D eigenvalue weighted by molar-refractivity contribution is 5.95. The van der Waals surface area contributed by atoms with Crippen molar-refractivity contribution in [1.82, 2.24) is 25.5 Å². The smallest absolute Gasteiger partial charge is 0.389 e. The van der Waals surface area contributed by atoms with Gasteiger partial charge in [-0.05, 0) is 25.2 Å². The number of H-pyrrole nitrogens is 1. The van der Waals surface area contributed by atoms with Gasteiger partial charge in [-0.25, -0.2) is 4.98 Å². The Morgan fingerprint density at radius 2 is 2.03 bits per heavy atom. The molecule has 0 radical (unpaired) electrons. The van der Waals surface area contributed by atoms with Crippen molar-refractivity contribution in [1.29, 1.82) is 0 Å². The maximum Gasteiger partial charge on any atom is 0.535 e. The second kappa shape index (κ2) is 12.9. The highest BCUT2D eigenvalue weighted by atomic mass is 16.3. The zero-order valence-corrected chi connectivity index (χ0v) is 19.9. The van der Waals surface area contributed by atoms with Crippen molar-refractivity contribution in [2.75, 3.05) is 13.2 Å². The predicted molar refractivity (Wildman–Crippen MR) is 122 cm³/mol. The van der Waals surface area contributed by atoms with Crippen LogP contribution in [0.1, 0.15) is 52.1 Å². The molecule has 0 saturated carbocycles. The number of rotatable bonds is 13. The first-order valence-corrected chi connectivity index (χ1v) is 11.5. The summed E-state index contributed by atoms with van der Waals surface area (Å²) < 4.78 is 0. The van der Waals surface area contributed by atoms with Crippen LogP contribution in [0.15, 0.2) is 12.5 Å². The molecule has 11 heteroatoms. The Bertz CT molecular complexity index is 856. The zero-order chi connectivity index (χ0) is 25.3. The van der Waals surface area contributed by atoms with E-state index in [1.54, 1.807) is 6.29 Å². The van der Waals surface area contributed by atoms with Gasteiger partial charge >= 0.3 is 12.3 Å². The number of Topliss-reactive ketones (excluding diaryl/α,β-unsaturated/α-hetero) is 1. The van der Waals surface area contributed by atoms with Crippen LogP contribution in [-0.2, 0) is 30.4 Å². The minimum atomic E-state index is -1.20. The molecule has 3 amide bonds. The van der Waals surface area contributed by atoms with E-state index in [9.17, 15) is 29.1 Å². The molecule has 1 fully saturated rings. The molecule has 0 aromatic carbocycles. The van der Waals surface area contributed by atoms with Crippen LogP contribution in [0.4, 0.5) is 0 Å². The topological polar surface area (TPSA) is 162 Å². The number of ketones is 1. The van der Waals surface area contributed by atoms with Crippen molar-refractivity contribution >= 4 is 29.8 Å². The second-order valence-electron chi connectivity index (χ2n) is 9.07. The van der Waals surface area contributed by atoms with Gasteiger partial charge in [0.1, 0.15) is 12.6 Å². The number of carbonyl (C=O) groups excluding carboxylic acids is 5. The molecule has 2 rings (SSSR count). The zero-order valence-electron chi connectivity index (χ0n) is 19.9. The number of carbonyl (C=O) groups is 4. The van der Waals surface area contributed by atoms with Crippen LogP contribution >= 0.6 is 0 Å². The van der Waals surface area contributed by atoms with Crippen LogP contribution in [0.3, 0.4) is 0 Å². The molecule has 11 nitrogen and oxygen atoms in total. The molecule has 34 heavy (non-hydrogen) atoms. The van der Waals surface area contributed by atoms with E-state index in [0.29, 0.717) is 31.5 Å². The number of aliphatic hydroxyl groups excluding tert-OH is 1. The van der Waals surface area contributed by atoms with E-state index >= 15 is 0 Å². The van der Waals surface area contributed by atoms with Gasteiger partial charge < -0.3 is 25.6 Å². The van der Waals surface area contributed by atoms with Gasteiger partial charge in [-0.15, -0.1) is 0 Å². The second-order valence-corrected chi connectivity index (χ2v) is 9.07. The normalized spacial score (nSPS) is 18.1. The third-order valence-corrected chi connectivity index (χ3v) is 5.85. The molecule has 2 heterocycles. The van der Waals surface area contributed by atoms with E-state index in [-0.39, 0.29) is 36.4 Å². The van der Waals surface area contributed by atoms with Gasteiger partial charge in [-0.3, -0.25) is 19.2 Å². The molecule has 1 aromatic rings. The van der Waals surface area contributed by atoms with Gasteiger partial charge in [0.15, 0.2) is 5.78 Å². The van der Waals surface area contributed by atoms with Gasteiger partial charge in [0.05, 0.1) is 18.3 Å². The van der Waals surface area contributed by atoms with Crippen LogP contribution in [0.25, 0.3) is 0 Å². The minimum absolute atomic E-state index is 0.0880. The Morgan fingerprint density at radius 1 is 1.29 bits per heavy atom. The average Bonchev–Trinajstić information content (AvgIpc) is 3.48. The number of hydrogen-bond donors (Lipinski definition) is 4. The first-order chi connectivity index (χ1) is 16.2. The molecular formula is C23H34N5O6+. The number of aliphatic hydroxyl groups is 1. The summed E-state index contributed by atoms with van der Waals surface area (Å²) in [5, 5.41) is 14.4. The summed E-state index contributed by atoms with van der Waals surface area (Å²) >= 11 is 0. The quantitative estimate of drug-likeness (QED) is 0.283. The third kappa shape index (κ3) is 7.71. The molecule has 4 atom stereocenters. The lowest BCUT2D eigenvalue weighted by Gasteiger charge is -2.27. The fourth-order valence-corrected chi connectivity index (χ4v) is 4.13. The average molecular weight is 477 g/mol. The molecular weight excluding hydrogens is 442 g/mol. The SMILES string of the molecule is CC(=O)N1CCC[C@H]1C(=O)N[C@@H](CC(C)C)C(=O)C[C@@H](Cc1cnc[nH]1)C(=O)N[C@H]([C+]=O)CO. The van der Waals surface area contributed by atoms with Crippen LogP contribution in [0, 0.1) is 11.8 Å². The summed E-state index contributed by atoms with van der Waals surface area (Å²) in [6.07, 6.45) is 6.10. The summed E-state index contributed by atoms with van der Waals surface area (Å²) in [6.45, 7) is 5.15. The molecule has 186 valence electrons. The molecule has 4 N–H and O–H groups in total. The Morgan fingerprint density at radius 3 is 2.59 bits per heavy atom. The fraction of sp³-hybridized carbons (Fsp3) is 0.652.